The van der Waals surface area contributed by atoms with Crippen LogP contribution in [0.15, 0.2) is 18.2 Å². The molecule has 1 amide bonds. The van der Waals surface area contributed by atoms with E-state index in [1.165, 1.54) is 6.42 Å². The number of carbonyl (C=O) groups excluding carboxylic acids is 1. The Balaban J connectivity index is 1.86. The highest BCUT2D eigenvalue weighted by molar-refractivity contribution is 5.92. The van der Waals surface area contributed by atoms with Gasteiger partial charge in [0.2, 0.25) is 5.91 Å². The highest BCUT2D eigenvalue weighted by atomic mass is 16.5. The minimum atomic E-state index is 0.0807. The Kier molecular flexibility index (Phi) is 6.05. The van der Waals surface area contributed by atoms with E-state index in [1.807, 2.05) is 25.1 Å². The Morgan fingerprint density at radius 1 is 1.48 bits per heavy atom. The van der Waals surface area contributed by atoms with E-state index in [-0.39, 0.29) is 5.91 Å². The number of amides is 1. The predicted molar refractivity (Wildman–Crippen MR) is 85.9 cm³/mol. The molecule has 1 saturated heterocycles. The molecule has 0 spiro atoms. The Morgan fingerprint density at radius 3 is 3.00 bits per heavy atom. The first-order chi connectivity index (χ1) is 10.2. The fourth-order valence-corrected chi connectivity index (χ4v) is 2.56. The fourth-order valence-electron chi connectivity index (χ4n) is 2.56. The molecule has 0 saturated carbocycles. The average Bonchev–Trinajstić information content (AvgIpc) is 2.95. The van der Waals surface area contributed by atoms with Crippen LogP contribution >= 0.6 is 0 Å². The summed E-state index contributed by atoms with van der Waals surface area (Å²) < 4.78 is 5.67. The van der Waals surface area contributed by atoms with Crippen molar-refractivity contribution in [3.63, 3.8) is 0 Å². The molecule has 1 unspecified atom stereocenters. The Morgan fingerprint density at radius 2 is 2.33 bits per heavy atom. The van der Waals surface area contributed by atoms with Crippen molar-refractivity contribution in [1.29, 1.82) is 0 Å². The number of benzene rings is 1. The molecule has 1 fully saturated rings. The molecule has 2 N–H and O–H groups in total. The van der Waals surface area contributed by atoms with Gasteiger partial charge < -0.3 is 15.4 Å². The lowest BCUT2D eigenvalue weighted by Gasteiger charge is -2.13. The van der Waals surface area contributed by atoms with E-state index < -0.39 is 0 Å². The lowest BCUT2D eigenvalue weighted by Crippen LogP contribution is -2.27. The van der Waals surface area contributed by atoms with Crippen LogP contribution in [0.25, 0.3) is 0 Å². The molecule has 1 heterocycles. The molecule has 1 aliphatic rings. The second-order valence-electron chi connectivity index (χ2n) is 5.72. The third-order valence-corrected chi connectivity index (χ3v) is 3.83. The van der Waals surface area contributed by atoms with E-state index in [0.717, 1.165) is 49.4 Å². The molecule has 4 nitrogen and oxygen atoms in total. The summed E-state index contributed by atoms with van der Waals surface area (Å²) >= 11 is 0. The van der Waals surface area contributed by atoms with Crippen molar-refractivity contribution >= 4 is 11.6 Å². The zero-order valence-corrected chi connectivity index (χ0v) is 13.1. The summed E-state index contributed by atoms with van der Waals surface area (Å²) in [6, 6.07) is 6.17. The summed E-state index contributed by atoms with van der Waals surface area (Å²) in [4.78, 5) is 12.0. The highest BCUT2D eigenvalue weighted by Crippen LogP contribution is 2.22. The van der Waals surface area contributed by atoms with Crippen molar-refractivity contribution in [2.75, 3.05) is 18.5 Å². The lowest BCUT2D eigenvalue weighted by molar-refractivity contribution is -0.116. The highest BCUT2D eigenvalue weighted by Gasteiger charge is 2.17. The van der Waals surface area contributed by atoms with Gasteiger partial charge in [0, 0.05) is 18.2 Å². The largest absolute Gasteiger partial charge is 0.494 e. The number of hydrogen-bond donors (Lipinski definition) is 2. The molecular formula is C17H26N2O2. The van der Waals surface area contributed by atoms with Crippen LogP contribution in [0.3, 0.4) is 0 Å². The SMILES string of the molecule is CCCCOc1ccc(NC(=O)CC2CCCN2)c(C)c1. The third-order valence-electron chi connectivity index (χ3n) is 3.83. The molecule has 1 atom stereocenters. The van der Waals surface area contributed by atoms with E-state index in [0.29, 0.717) is 12.5 Å². The number of ether oxygens (including phenoxy) is 1. The number of anilines is 1. The molecule has 1 aliphatic heterocycles. The lowest BCUT2D eigenvalue weighted by atomic mass is 10.1. The van der Waals surface area contributed by atoms with Gasteiger partial charge in [-0.3, -0.25) is 4.79 Å². The maximum Gasteiger partial charge on any atom is 0.225 e. The standard InChI is InChI=1S/C17H26N2O2/c1-3-4-10-21-15-7-8-16(13(2)11-15)19-17(20)12-14-6-5-9-18-14/h7-8,11,14,18H,3-6,9-10,12H2,1-2H3,(H,19,20). The molecular weight excluding hydrogens is 264 g/mol. The van der Waals surface area contributed by atoms with E-state index in [2.05, 4.69) is 17.6 Å². The maximum atomic E-state index is 12.0. The van der Waals surface area contributed by atoms with Gasteiger partial charge in [-0.1, -0.05) is 13.3 Å². The van der Waals surface area contributed by atoms with E-state index in [9.17, 15) is 4.79 Å². The Bertz CT molecular complexity index is 468. The van der Waals surface area contributed by atoms with Gasteiger partial charge >= 0.3 is 0 Å². The molecule has 1 aromatic carbocycles. The first-order valence-corrected chi connectivity index (χ1v) is 7.95. The van der Waals surface area contributed by atoms with Gasteiger partial charge in [0.05, 0.1) is 6.61 Å². The first-order valence-electron chi connectivity index (χ1n) is 7.95. The molecule has 0 radical (unpaired) electrons. The summed E-state index contributed by atoms with van der Waals surface area (Å²) in [5.41, 5.74) is 1.91. The zero-order chi connectivity index (χ0) is 15.1. The number of rotatable bonds is 7. The summed E-state index contributed by atoms with van der Waals surface area (Å²) in [6.07, 6.45) is 5.00. The van der Waals surface area contributed by atoms with Crippen LogP contribution in [-0.2, 0) is 4.79 Å². The maximum absolute atomic E-state index is 12.0. The summed E-state index contributed by atoms with van der Waals surface area (Å²) in [6.45, 7) is 5.92. The fraction of sp³-hybridized carbons (Fsp3) is 0.588. The van der Waals surface area contributed by atoms with Gasteiger partial charge in [-0.25, -0.2) is 0 Å². The average molecular weight is 290 g/mol. The molecule has 4 heteroatoms. The van der Waals surface area contributed by atoms with Gasteiger partial charge in [-0.2, -0.15) is 0 Å². The normalized spacial score (nSPS) is 17.7. The quantitative estimate of drug-likeness (QED) is 0.758. The third kappa shape index (κ3) is 5.05. The van der Waals surface area contributed by atoms with Gasteiger partial charge in [0.1, 0.15) is 5.75 Å². The van der Waals surface area contributed by atoms with Crippen LogP contribution in [0.5, 0.6) is 5.75 Å². The van der Waals surface area contributed by atoms with E-state index >= 15 is 0 Å². The van der Waals surface area contributed by atoms with Gasteiger partial charge in [0.25, 0.3) is 0 Å². The minimum Gasteiger partial charge on any atom is -0.494 e. The second kappa shape index (κ2) is 8.03. The van der Waals surface area contributed by atoms with Crippen molar-refractivity contribution in [3.05, 3.63) is 23.8 Å². The molecule has 116 valence electrons. The predicted octanol–water partition coefficient (Wildman–Crippen LogP) is 3.25. The van der Waals surface area contributed by atoms with Crippen LogP contribution in [0.1, 0.15) is 44.6 Å². The van der Waals surface area contributed by atoms with Crippen LogP contribution < -0.4 is 15.4 Å². The summed E-state index contributed by atoms with van der Waals surface area (Å²) in [7, 11) is 0. The molecule has 2 rings (SSSR count). The van der Waals surface area contributed by atoms with Crippen molar-refractivity contribution in [2.45, 2.75) is 52.0 Å². The van der Waals surface area contributed by atoms with Crippen molar-refractivity contribution in [1.82, 2.24) is 5.32 Å². The number of unbranched alkanes of at least 4 members (excludes halogenated alkanes) is 1. The summed E-state index contributed by atoms with van der Waals surface area (Å²) in [5, 5.41) is 6.34. The topological polar surface area (TPSA) is 50.4 Å². The van der Waals surface area contributed by atoms with Crippen LogP contribution in [0.4, 0.5) is 5.69 Å². The number of hydrogen-bond acceptors (Lipinski definition) is 3. The van der Waals surface area contributed by atoms with E-state index in [1.54, 1.807) is 0 Å². The first kappa shape index (κ1) is 15.8. The molecule has 0 bridgehead atoms. The Labute approximate surface area is 127 Å². The minimum absolute atomic E-state index is 0.0807. The van der Waals surface area contributed by atoms with Gasteiger partial charge in [-0.05, 0) is 56.5 Å². The van der Waals surface area contributed by atoms with Crippen LogP contribution in [-0.4, -0.2) is 25.1 Å². The molecule has 0 aromatic heterocycles. The van der Waals surface area contributed by atoms with E-state index in [4.69, 9.17) is 4.74 Å². The van der Waals surface area contributed by atoms with Crippen molar-refractivity contribution in [2.24, 2.45) is 0 Å². The molecule has 1 aromatic rings. The Hall–Kier alpha value is -1.55. The molecule has 0 aliphatic carbocycles. The van der Waals surface area contributed by atoms with Crippen LogP contribution in [0, 0.1) is 6.92 Å². The smallest absolute Gasteiger partial charge is 0.225 e. The van der Waals surface area contributed by atoms with Crippen molar-refractivity contribution in [3.8, 4) is 5.75 Å². The van der Waals surface area contributed by atoms with Gasteiger partial charge in [-0.15, -0.1) is 0 Å². The monoisotopic (exact) mass is 290 g/mol. The second-order valence-corrected chi connectivity index (χ2v) is 5.72. The molecule has 21 heavy (non-hydrogen) atoms. The zero-order valence-electron chi connectivity index (χ0n) is 13.1. The number of nitrogens with one attached hydrogen (secondary N) is 2. The number of aryl methyl sites for hydroxylation is 1. The van der Waals surface area contributed by atoms with Crippen molar-refractivity contribution < 1.29 is 9.53 Å². The van der Waals surface area contributed by atoms with Gasteiger partial charge in [0.15, 0.2) is 0 Å². The van der Waals surface area contributed by atoms with Crippen LogP contribution in [0.2, 0.25) is 0 Å². The number of carbonyl (C=O) groups is 1. The summed E-state index contributed by atoms with van der Waals surface area (Å²) in [5.74, 6) is 0.952.